The number of piperazine rings is 1. The molecule has 1 aliphatic heterocycles. The van der Waals surface area contributed by atoms with Crippen LogP contribution in [0.15, 0.2) is 48.5 Å². The van der Waals surface area contributed by atoms with Crippen LogP contribution in [0.5, 0.6) is 11.5 Å². The molecular weight excluding hydrogens is 456 g/mol. The van der Waals surface area contributed by atoms with Crippen LogP contribution in [0, 0.1) is 5.41 Å². The first-order chi connectivity index (χ1) is 17.5. The lowest BCUT2D eigenvalue weighted by molar-refractivity contribution is -0.157. The van der Waals surface area contributed by atoms with Crippen LogP contribution in [0.25, 0.3) is 0 Å². The monoisotopic (exact) mass is 492 g/mol. The molecule has 3 fully saturated rings. The third kappa shape index (κ3) is 4.88. The maximum atomic E-state index is 13.6. The van der Waals surface area contributed by atoms with E-state index < -0.39 is 11.4 Å². The number of amides is 1. The summed E-state index contributed by atoms with van der Waals surface area (Å²) in [6, 6.07) is 16.3. The minimum atomic E-state index is -0.992. The predicted molar refractivity (Wildman–Crippen MR) is 137 cm³/mol. The molecule has 1 atom stereocenters. The molecule has 7 nitrogen and oxygen atoms in total. The van der Waals surface area contributed by atoms with Crippen LogP contribution in [0.2, 0.25) is 0 Å². The van der Waals surface area contributed by atoms with Crippen molar-refractivity contribution in [2.45, 2.75) is 57.1 Å². The van der Waals surface area contributed by atoms with Gasteiger partial charge in [0, 0.05) is 31.4 Å². The van der Waals surface area contributed by atoms with Crippen LogP contribution in [0.1, 0.15) is 44.1 Å². The lowest BCUT2D eigenvalue weighted by Gasteiger charge is -2.43. The van der Waals surface area contributed by atoms with E-state index in [-0.39, 0.29) is 18.1 Å². The largest absolute Gasteiger partial charge is 0.493 e. The van der Waals surface area contributed by atoms with Crippen LogP contribution in [0.4, 0.5) is 5.69 Å². The smallest absolute Gasteiger partial charge is 0.321 e. The fourth-order valence-electron chi connectivity index (χ4n) is 5.66. The number of hydrogen-bond donors (Lipinski definition) is 0. The van der Waals surface area contributed by atoms with Crippen molar-refractivity contribution in [2.75, 3.05) is 38.8 Å². The first kappa shape index (κ1) is 24.5. The average molecular weight is 493 g/mol. The first-order valence-electron chi connectivity index (χ1n) is 13.1. The topological polar surface area (TPSA) is 68.3 Å². The minimum absolute atomic E-state index is 0.0583. The van der Waals surface area contributed by atoms with Crippen molar-refractivity contribution >= 4 is 17.6 Å². The summed E-state index contributed by atoms with van der Waals surface area (Å²) in [5, 5.41) is 0. The molecule has 2 saturated carbocycles. The van der Waals surface area contributed by atoms with Gasteiger partial charge in [-0.15, -0.1) is 0 Å². The predicted octanol–water partition coefficient (Wildman–Crippen LogP) is 4.23. The lowest BCUT2D eigenvalue weighted by atomic mass is 9.97. The van der Waals surface area contributed by atoms with Crippen molar-refractivity contribution in [2.24, 2.45) is 5.41 Å². The number of esters is 1. The van der Waals surface area contributed by atoms with Gasteiger partial charge in [0.1, 0.15) is 5.41 Å². The summed E-state index contributed by atoms with van der Waals surface area (Å²) in [5.74, 6) is 1.03. The van der Waals surface area contributed by atoms with Gasteiger partial charge in [-0.2, -0.15) is 0 Å². The SMILES string of the molecule is COC(=O)C1(C(=O)N2CCN(c3ccc(OC)c(OC4CCCC4)c3)CC2Cc2ccccc2)CC1. The Balaban J connectivity index is 1.38. The van der Waals surface area contributed by atoms with Gasteiger partial charge in [-0.25, -0.2) is 0 Å². The van der Waals surface area contributed by atoms with Gasteiger partial charge in [0.2, 0.25) is 5.91 Å². The van der Waals surface area contributed by atoms with Crippen LogP contribution >= 0.6 is 0 Å². The van der Waals surface area contributed by atoms with Gasteiger partial charge >= 0.3 is 5.97 Å². The van der Waals surface area contributed by atoms with E-state index in [0.717, 1.165) is 36.4 Å². The number of hydrogen-bond acceptors (Lipinski definition) is 6. The number of carbonyl (C=O) groups excluding carboxylic acids is 2. The summed E-state index contributed by atoms with van der Waals surface area (Å²) in [5.41, 5.74) is 1.24. The Labute approximate surface area is 213 Å². The van der Waals surface area contributed by atoms with Crippen LogP contribution in [-0.2, 0) is 20.7 Å². The van der Waals surface area contributed by atoms with E-state index in [0.29, 0.717) is 32.5 Å². The molecule has 0 spiro atoms. The highest BCUT2D eigenvalue weighted by Gasteiger charge is 2.60. The van der Waals surface area contributed by atoms with Gasteiger partial charge in [0.25, 0.3) is 0 Å². The minimum Gasteiger partial charge on any atom is -0.493 e. The Morgan fingerprint density at radius 1 is 0.972 bits per heavy atom. The van der Waals surface area contributed by atoms with Crippen molar-refractivity contribution in [3.63, 3.8) is 0 Å². The molecule has 2 aromatic carbocycles. The molecule has 1 amide bonds. The molecule has 0 aromatic heterocycles. The zero-order valence-corrected chi connectivity index (χ0v) is 21.3. The maximum Gasteiger partial charge on any atom is 0.321 e. The van der Waals surface area contributed by atoms with Crippen molar-refractivity contribution in [3.05, 3.63) is 54.1 Å². The van der Waals surface area contributed by atoms with Crippen molar-refractivity contribution in [3.8, 4) is 11.5 Å². The Morgan fingerprint density at radius 2 is 1.72 bits per heavy atom. The molecule has 192 valence electrons. The summed E-state index contributed by atoms with van der Waals surface area (Å²) >= 11 is 0. The van der Waals surface area contributed by atoms with E-state index >= 15 is 0 Å². The Bertz CT molecular complexity index is 1080. The normalized spacial score (nSPS) is 21.2. The molecule has 3 aliphatic rings. The highest BCUT2D eigenvalue weighted by Crippen LogP contribution is 2.49. The zero-order valence-electron chi connectivity index (χ0n) is 21.3. The Kier molecular flexibility index (Phi) is 7.08. The molecule has 1 heterocycles. The molecule has 5 rings (SSSR count). The van der Waals surface area contributed by atoms with E-state index in [1.54, 1.807) is 7.11 Å². The Hall–Kier alpha value is -3.22. The third-order valence-electron chi connectivity index (χ3n) is 7.90. The second kappa shape index (κ2) is 10.4. The van der Waals surface area contributed by atoms with E-state index in [2.05, 4.69) is 29.2 Å². The van der Waals surface area contributed by atoms with Gasteiger partial charge in [0.05, 0.1) is 26.4 Å². The molecule has 2 aromatic rings. The van der Waals surface area contributed by atoms with Crippen molar-refractivity contribution in [1.82, 2.24) is 4.90 Å². The molecular formula is C29H36N2O5. The number of ether oxygens (including phenoxy) is 3. The van der Waals surface area contributed by atoms with E-state index in [1.165, 1.54) is 25.5 Å². The number of carbonyl (C=O) groups is 2. The second-order valence-electron chi connectivity index (χ2n) is 10.2. The number of methoxy groups -OCH3 is 2. The summed E-state index contributed by atoms with van der Waals surface area (Å²) < 4.78 is 16.9. The van der Waals surface area contributed by atoms with E-state index in [9.17, 15) is 9.59 Å². The molecule has 7 heteroatoms. The van der Waals surface area contributed by atoms with Crippen LogP contribution < -0.4 is 14.4 Å². The molecule has 1 unspecified atom stereocenters. The summed E-state index contributed by atoms with van der Waals surface area (Å²) in [6.45, 7) is 1.91. The van der Waals surface area contributed by atoms with Gasteiger partial charge < -0.3 is 24.0 Å². The van der Waals surface area contributed by atoms with Crippen molar-refractivity contribution < 1.29 is 23.8 Å². The maximum absolute atomic E-state index is 13.6. The lowest BCUT2D eigenvalue weighted by Crippen LogP contribution is -2.58. The quantitative estimate of drug-likeness (QED) is 0.406. The zero-order chi connectivity index (χ0) is 25.1. The highest BCUT2D eigenvalue weighted by atomic mass is 16.5. The molecule has 0 bridgehead atoms. The number of benzene rings is 2. The fraction of sp³-hybridized carbons (Fsp3) is 0.517. The van der Waals surface area contributed by atoms with Crippen LogP contribution in [-0.4, -0.2) is 62.8 Å². The fourth-order valence-corrected chi connectivity index (χ4v) is 5.66. The third-order valence-corrected chi connectivity index (χ3v) is 7.90. The van der Waals surface area contributed by atoms with E-state index in [4.69, 9.17) is 14.2 Å². The number of nitrogens with zero attached hydrogens (tertiary/aromatic N) is 2. The van der Waals surface area contributed by atoms with Crippen LogP contribution in [0.3, 0.4) is 0 Å². The van der Waals surface area contributed by atoms with Gasteiger partial charge in [-0.3, -0.25) is 9.59 Å². The molecule has 1 saturated heterocycles. The number of anilines is 1. The first-order valence-corrected chi connectivity index (χ1v) is 13.1. The average Bonchev–Trinajstić information content (AvgIpc) is 3.57. The van der Waals surface area contributed by atoms with Gasteiger partial charge in [0.15, 0.2) is 11.5 Å². The molecule has 2 aliphatic carbocycles. The highest BCUT2D eigenvalue weighted by molar-refractivity contribution is 6.05. The molecule has 0 N–H and O–H groups in total. The second-order valence-corrected chi connectivity index (χ2v) is 10.2. The van der Waals surface area contributed by atoms with E-state index in [1.807, 2.05) is 29.2 Å². The standard InChI is InChI=1S/C29H36N2O5/c1-34-25-13-12-22(19-26(25)36-24-10-6-7-11-24)30-16-17-31(27(32)29(14-15-29)28(33)35-2)23(20-30)18-21-8-4-3-5-9-21/h3-5,8-9,12-13,19,23-24H,6-7,10-11,14-18,20H2,1-2H3. The molecule has 0 radical (unpaired) electrons. The summed E-state index contributed by atoms with van der Waals surface area (Å²) in [6.07, 6.45) is 6.66. The summed E-state index contributed by atoms with van der Waals surface area (Å²) in [4.78, 5) is 30.3. The number of rotatable bonds is 8. The van der Waals surface area contributed by atoms with Gasteiger partial charge in [-0.1, -0.05) is 30.3 Å². The Morgan fingerprint density at radius 3 is 2.39 bits per heavy atom. The van der Waals surface area contributed by atoms with Gasteiger partial charge in [-0.05, 0) is 62.6 Å². The summed E-state index contributed by atoms with van der Waals surface area (Å²) in [7, 11) is 3.04. The van der Waals surface area contributed by atoms with Crippen molar-refractivity contribution in [1.29, 1.82) is 0 Å². The molecule has 36 heavy (non-hydrogen) atoms.